The Morgan fingerprint density at radius 3 is 2.45 bits per heavy atom. The number of carbonyl (C=O) groups excluding carboxylic acids is 1. The first-order valence-electron chi connectivity index (χ1n) is 9.13. The van der Waals surface area contributed by atoms with Crippen molar-refractivity contribution in [3.63, 3.8) is 0 Å². The summed E-state index contributed by atoms with van der Waals surface area (Å²) in [6, 6.07) is 15.6. The lowest BCUT2D eigenvalue weighted by Crippen LogP contribution is -2.33. The van der Waals surface area contributed by atoms with Crippen LogP contribution in [0.3, 0.4) is 0 Å². The van der Waals surface area contributed by atoms with Gasteiger partial charge in [0, 0.05) is 17.3 Å². The summed E-state index contributed by atoms with van der Waals surface area (Å²) in [5, 5.41) is 7.13. The van der Waals surface area contributed by atoms with E-state index in [2.05, 4.69) is 10.4 Å². The van der Waals surface area contributed by atoms with E-state index in [0.717, 1.165) is 11.3 Å². The molecule has 0 saturated heterocycles. The lowest BCUT2D eigenvalue weighted by molar-refractivity contribution is 0.0931. The summed E-state index contributed by atoms with van der Waals surface area (Å²) in [6.07, 6.45) is 0. The number of aromatic nitrogens is 2. The molecule has 0 spiro atoms. The van der Waals surface area contributed by atoms with Gasteiger partial charge in [-0.2, -0.15) is 5.10 Å². The minimum absolute atomic E-state index is 0.173. The molecule has 0 bridgehead atoms. The number of hydrogen-bond acceptors (Lipinski definition) is 5. The van der Waals surface area contributed by atoms with Gasteiger partial charge in [0.1, 0.15) is 11.5 Å². The molecule has 0 aliphatic heterocycles. The van der Waals surface area contributed by atoms with Crippen LogP contribution in [0.15, 0.2) is 59.4 Å². The van der Waals surface area contributed by atoms with Gasteiger partial charge in [0.15, 0.2) is 5.69 Å². The second-order valence-corrected chi connectivity index (χ2v) is 6.55. The van der Waals surface area contributed by atoms with Crippen molar-refractivity contribution in [3.05, 3.63) is 81.8 Å². The Bertz CT molecular complexity index is 1080. The first kappa shape index (κ1) is 20.1. The highest BCUT2D eigenvalue weighted by Crippen LogP contribution is 2.29. The number of carbonyl (C=O) groups is 1. The number of nitrogens with zero attached hydrogens (tertiary/aromatic N) is 2. The van der Waals surface area contributed by atoms with Crippen molar-refractivity contribution in [2.45, 2.75) is 19.9 Å². The molecular formula is C22H23N3O4. The number of benzene rings is 2. The van der Waals surface area contributed by atoms with E-state index >= 15 is 0 Å². The van der Waals surface area contributed by atoms with Gasteiger partial charge in [-0.1, -0.05) is 18.2 Å². The van der Waals surface area contributed by atoms with Crippen LogP contribution in [0.1, 0.15) is 34.7 Å². The largest absolute Gasteiger partial charge is 0.497 e. The second kappa shape index (κ2) is 8.60. The fraction of sp³-hybridized carbons (Fsp3) is 0.227. The molecule has 7 nitrogen and oxygen atoms in total. The summed E-state index contributed by atoms with van der Waals surface area (Å²) in [5.41, 5.74) is 1.53. The van der Waals surface area contributed by atoms with Crippen molar-refractivity contribution >= 4 is 5.91 Å². The topological polar surface area (TPSA) is 82.4 Å². The zero-order valence-electron chi connectivity index (χ0n) is 16.8. The summed E-state index contributed by atoms with van der Waals surface area (Å²) in [5.74, 6) is 0.691. The molecule has 29 heavy (non-hydrogen) atoms. The molecule has 2 aromatic carbocycles. The average Bonchev–Trinajstić information content (AvgIpc) is 2.73. The van der Waals surface area contributed by atoms with Crippen LogP contribution in [-0.2, 0) is 0 Å². The summed E-state index contributed by atoms with van der Waals surface area (Å²) < 4.78 is 12.2. The molecular weight excluding hydrogens is 370 g/mol. The van der Waals surface area contributed by atoms with Crippen molar-refractivity contribution < 1.29 is 14.3 Å². The Hall–Kier alpha value is -3.61. The normalized spacial score (nSPS) is 11.6. The summed E-state index contributed by atoms with van der Waals surface area (Å²) in [6.45, 7) is 3.58. The molecule has 1 N–H and O–H groups in total. The first-order chi connectivity index (χ1) is 13.9. The van der Waals surface area contributed by atoms with E-state index in [9.17, 15) is 9.59 Å². The van der Waals surface area contributed by atoms with Crippen molar-refractivity contribution in [2.75, 3.05) is 14.2 Å². The number of nitrogens with one attached hydrogen (secondary N) is 1. The smallest absolute Gasteiger partial charge is 0.276 e. The fourth-order valence-electron chi connectivity index (χ4n) is 3.06. The predicted octanol–water partition coefficient (Wildman–Crippen LogP) is 3.05. The van der Waals surface area contributed by atoms with Crippen LogP contribution in [0.5, 0.6) is 11.5 Å². The third-order valence-corrected chi connectivity index (χ3v) is 4.57. The average molecular weight is 393 g/mol. The zero-order valence-corrected chi connectivity index (χ0v) is 16.8. The Morgan fingerprint density at radius 1 is 1.07 bits per heavy atom. The van der Waals surface area contributed by atoms with Gasteiger partial charge in [0.2, 0.25) is 5.43 Å². The maximum atomic E-state index is 12.8. The maximum Gasteiger partial charge on any atom is 0.276 e. The third-order valence-electron chi connectivity index (χ3n) is 4.57. The van der Waals surface area contributed by atoms with Crippen molar-refractivity contribution in [1.29, 1.82) is 0 Å². The lowest BCUT2D eigenvalue weighted by Gasteiger charge is -2.18. The summed E-state index contributed by atoms with van der Waals surface area (Å²) >= 11 is 0. The highest BCUT2D eigenvalue weighted by atomic mass is 16.5. The van der Waals surface area contributed by atoms with E-state index in [-0.39, 0.29) is 5.69 Å². The van der Waals surface area contributed by atoms with E-state index in [1.165, 1.54) is 6.07 Å². The van der Waals surface area contributed by atoms with E-state index < -0.39 is 17.4 Å². The number of amides is 1. The number of rotatable bonds is 6. The summed E-state index contributed by atoms with van der Waals surface area (Å²) in [7, 11) is 3.12. The van der Waals surface area contributed by atoms with Crippen LogP contribution in [0.25, 0.3) is 5.69 Å². The lowest BCUT2D eigenvalue weighted by atomic mass is 10.1. The van der Waals surface area contributed by atoms with Gasteiger partial charge in [0.05, 0.1) is 25.9 Å². The van der Waals surface area contributed by atoms with Crippen LogP contribution in [0.4, 0.5) is 0 Å². The molecule has 150 valence electrons. The SMILES string of the molecule is COc1ccc(OC)c(C(C)NC(=O)c2nn(-c3ccccc3)c(C)cc2=O)c1. The molecule has 1 unspecified atom stereocenters. The predicted molar refractivity (Wildman–Crippen MR) is 110 cm³/mol. The van der Waals surface area contributed by atoms with Gasteiger partial charge in [-0.05, 0) is 44.2 Å². The molecule has 0 aliphatic carbocycles. The van der Waals surface area contributed by atoms with Crippen LogP contribution >= 0.6 is 0 Å². The molecule has 0 radical (unpaired) electrons. The molecule has 7 heteroatoms. The van der Waals surface area contributed by atoms with Crippen LogP contribution < -0.4 is 20.2 Å². The molecule has 1 aromatic heterocycles. The molecule has 1 heterocycles. The number of ether oxygens (including phenoxy) is 2. The minimum Gasteiger partial charge on any atom is -0.497 e. The number of para-hydroxylation sites is 1. The van der Waals surface area contributed by atoms with Crippen LogP contribution in [0, 0.1) is 6.92 Å². The van der Waals surface area contributed by atoms with Crippen molar-refractivity contribution in [3.8, 4) is 17.2 Å². The molecule has 1 amide bonds. The Kier molecular flexibility index (Phi) is 5.97. The first-order valence-corrected chi connectivity index (χ1v) is 9.13. The van der Waals surface area contributed by atoms with Gasteiger partial charge in [-0.3, -0.25) is 9.59 Å². The Labute approximate surface area is 168 Å². The van der Waals surface area contributed by atoms with Gasteiger partial charge in [-0.25, -0.2) is 4.68 Å². The van der Waals surface area contributed by atoms with Gasteiger partial charge >= 0.3 is 0 Å². The third kappa shape index (κ3) is 4.29. The monoisotopic (exact) mass is 393 g/mol. The number of methoxy groups -OCH3 is 2. The molecule has 0 saturated carbocycles. The zero-order chi connectivity index (χ0) is 21.0. The van der Waals surface area contributed by atoms with Gasteiger partial charge in [-0.15, -0.1) is 0 Å². The number of aryl methyl sites for hydroxylation is 1. The van der Waals surface area contributed by atoms with Crippen molar-refractivity contribution in [1.82, 2.24) is 15.1 Å². The molecule has 3 rings (SSSR count). The molecule has 0 aliphatic rings. The second-order valence-electron chi connectivity index (χ2n) is 6.55. The molecule has 1 atom stereocenters. The van der Waals surface area contributed by atoms with E-state index in [1.54, 1.807) is 50.9 Å². The van der Waals surface area contributed by atoms with Gasteiger partial charge in [0.25, 0.3) is 5.91 Å². The Morgan fingerprint density at radius 2 is 1.79 bits per heavy atom. The van der Waals surface area contributed by atoms with Crippen LogP contribution in [0.2, 0.25) is 0 Å². The fourth-order valence-corrected chi connectivity index (χ4v) is 3.06. The van der Waals surface area contributed by atoms with Crippen molar-refractivity contribution in [2.24, 2.45) is 0 Å². The standard InChI is InChI=1S/C22H23N3O4/c1-14-12-19(26)21(24-25(14)16-8-6-5-7-9-16)22(27)23-15(2)18-13-17(28-3)10-11-20(18)29-4/h5-13,15H,1-4H3,(H,23,27). The van der Waals surface area contributed by atoms with Gasteiger partial charge < -0.3 is 14.8 Å². The highest BCUT2D eigenvalue weighted by molar-refractivity contribution is 5.92. The Balaban J connectivity index is 1.93. The van der Waals surface area contributed by atoms with E-state index in [1.807, 2.05) is 30.3 Å². The summed E-state index contributed by atoms with van der Waals surface area (Å²) in [4.78, 5) is 25.3. The highest BCUT2D eigenvalue weighted by Gasteiger charge is 2.20. The van der Waals surface area contributed by atoms with E-state index in [4.69, 9.17) is 9.47 Å². The van der Waals surface area contributed by atoms with Crippen LogP contribution in [-0.4, -0.2) is 29.9 Å². The molecule has 0 fully saturated rings. The number of hydrogen-bond donors (Lipinski definition) is 1. The van der Waals surface area contributed by atoms with E-state index in [0.29, 0.717) is 17.2 Å². The molecule has 3 aromatic rings. The quantitative estimate of drug-likeness (QED) is 0.696. The maximum absolute atomic E-state index is 12.8. The minimum atomic E-state index is -0.558.